The second kappa shape index (κ2) is 3.71. The third-order valence-corrected chi connectivity index (χ3v) is 1.42. The number of benzene rings is 1. The van der Waals surface area contributed by atoms with E-state index in [1.54, 1.807) is 6.07 Å². The fraction of sp³-hybridized carbons (Fsp3) is 0. The fourth-order valence-electron chi connectivity index (χ4n) is 0.723. The van der Waals surface area contributed by atoms with Crippen LogP contribution in [0.2, 0.25) is 0 Å². The summed E-state index contributed by atoms with van der Waals surface area (Å²) in [6.07, 6.45) is 0. The van der Waals surface area contributed by atoms with Crippen LogP contribution < -0.4 is 5.46 Å². The Hall–Kier alpha value is -0.575. The van der Waals surface area contributed by atoms with Crippen LogP contribution in [0.5, 0.6) is 0 Å². The molecule has 0 amide bonds. The molecular formula is C6H5BClFO2. The molecule has 0 heterocycles. The van der Waals surface area contributed by atoms with Gasteiger partial charge in [-0.05, 0) is 6.07 Å². The second-order valence-corrected chi connectivity index (χ2v) is 2.14. The Morgan fingerprint density at radius 1 is 1.45 bits per heavy atom. The summed E-state index contributed by atoms with van der Waals surface area (Å²) in [4.78, 5) is 0. The van der Waals surface area contributed by atoms with Gasteiger partial charge in [-0.15, -0.1) is 0 Å². The zero-order valence-corrected chi connectivity index (χ0v) is 6.25. The maximum atomic E-state index is 12.7. The zero-order chi connectivity index (χ0) is 8.27. The van der Waals surface area contributed by atoms with E-state index in [4.69, 9.17) is 16.9 Å². The van der Waals surface area contributed by atoms with E-state index in [1.807, 2.05) is 0 Å². The van der Waals surface area contributed by atoms with Crippen molar-refractivity contribution in [3.8, 4) is 0 Å². The van der Waals surface area contributed by atoms with Gasteiger partial charge in [-0.1, -0.05) is 18.2 Å². The molecule has 0 atom stereocenters. The van der Waals surface area contributed by atoms with Crippen LogP contribution in [-0.2, 0) is 4.21 Å². The Morgan fingerprint density at radius 3 is 2.64 bits per heavy atom. The van der Waals surface area contributed by atoms with E-state index in [0.29, 0.717) is 0 Å². The molecule has 1 aromatic carbocycles. The highest BCUT2D eigenvalue weighted by Crippen LogP contribution is 1.96. The van der Waals surface area contributed by atoms with Gasteiger partial charge in [0.2, 0.25) is 0 Å². The van der Waals surface area contributed by atoms with Gasteiger partial charge < -0.3 is 9.23 Å². The first-order valence-electron chi connectivity index (χ1n) is 2.95. The predicted octanol–water partition coefficient (Wildman–Crippen LogP) is 0.684. The van der Waals surface area contributed by atoms with Crippen molar-refractivity contribution in [1.29, 1.82) is 0 Å². The first-order chi connectivity index (χ1) is 5.25. The molecule has 11 heavy (non-hydrogen) atoms. The van der Waals surface area contributed by atoms with Crippen molar-refractivity contribution >= 4 is 24.4 Å². The molecule has 0 aliphatic heterocycles. The van der Waals surface area contributed by atoms with E-state index < -0.39 is 12.9 Å². The van der Waals surface area contributed by atoms with Gasteiger partial charge in [0, 0.05) is 17.3 Å². The molecular weight excluding hydrogens is 169 g/mol. The molecule has 0 aliphatic carbocycles. The highest BCUT2D eigenvalue weighted by molar-refractivity contribution is 6.63. The van der Waals surface area contributed by atoms with Crippen molar-refractivity contribution in [2.45, 2.75) is 0 Å². The van der Waals surface area contributed by atoms with Gasteiger partial charge in [0.05, 0.1) is 0 Å². The summed E-state index contributed by atoms with van der Waals surface area (Å²) in [5, 5.41) is 8.92. The first-order valence-corrected chi connectivity index (χ1v) is 3.26. The molecule has 0 fully saturated rings. The molecule has 0 aliphatic rings. The highest BCUT2D eigenvalue weighted by atomic mass is 35.5. The minimum absolute atomic E-state index is 0.0301. The summed E-state index contributed by atoms with van der Waals surface area (Å²) in [7, 11) is -1.40. The average molecular weight is 174 g/mol. The van der Waals surface area contributed by atoms with Crippen molar-refractivity contribution in [3.63, 3.8) is 0 Å². The molecule has 0 spiro atoms. The largest absolute Gasteiger partial charge is 0.511 e. The Balaban J connectivity index is 2.93. The summed E-state index contributed by atoms with van der Waals surface area (Å²) in [5.41, 5.74) is 0.0301. The summed E-state index contributed by atoms with van der Waals surface area (Å²) < 4.78 is 16.7. The van der Waals surface area contributed by atoms with Crippen LogP contribution >= 0.6 is 11.9 Å². The quantitative estimate of drug-likeness (QED) is 0.668. The Labute approximate surface area is 68.9 Å². The van der Waals surface area contributed by atoms with Gasteiger partial charge in [0.25, 0.3) is 0 Å². The van der Waals surface area contributed by atoms with E-state index in [1.165, 1.54) is 18.2 Å². The number of hydrogen-bond acceptors (Lipinski definition) is 2. The minimum atomic E-state index is -1.40. The third-order valence-electron chi connectivity index (χ3n) is 1.26. The summed E-state index contributed by atoms with van der Waals surface area (Å²) in [6.45, 7) is 0. The first kappa shape index (κ1) is 8.52. The van der Waals surface area contributed by atoms with Crippen LogP contribution in [0.3, 0.4) is 0 Å². The van der Waals surface area contributed by atoms with Gasteiger partial charge in [-0.3, -0.25) is 0 Å². The second-order valence-electron chi connectivity index (χ2n) is 1.96. The molecule has 0 bridgehead atoms. The lowest BCUT2D eigenvalue weighted by molar-refractivity contribution is 0.454. The van der Waals surface area contributed by atoms with Crippen LogP contribution in [0, 0.1) is 5.82 Å². The van der Waals surface area contributed by atoms with Crippen LogP contribution in [0.1, 0.15) is 0 Å². The molecule has 0 unspecified atom stereocenters. The summed E-state index contributed by atoms with van der Waals surface area (Å²) >= 11 is 4.84. The van der Waals surface area contributed by atoms with E-state index in [0.717, 1.165) is 0 Å². The summed E-state index contributed by atoms with van der Waals surface area (Å²) in [5.74, 6) is -0.541. The zero-order valence-electron chi connectivity index (χ0n) is 5.50. The smallest absolute Gasteiger partial charge is 0.422 e. The van der Waals surface area contributed by atoms with E-state index in [-0.39, 0.29) is 5.46 Å². The lowest BCUT2D eigenvalue weighted by atomic mass is 9.80. The van der Waals surface area contributed by atoms with E-state index >= 15 is 0 Å². The van der Waals surface area contributed by atoms with Crippen LogP contribution in [-0.4, -0.2) is 12.1 Å². The lowest BCUT2D eigenvalue weighted by Gasteiger charge is -2.01. The minimum Gasteiger partial charge on any atom is -0.422 e. The van der Waals surface area contributed by atoms with Gasteiger partial charge in [0.15, 0.2) is 0 Å². The van der Waals surface area contributed by atoms with Gasteiger partial charge in [0.1, 0.15) is 5.82 Å². The average Bonchev–Trinajstić information content (AvgIpc) is 2.04. The Morgan fingerprint density at radius 2 is 2.09 bits per heavy atom. The topological polar surface area (TPSA) is 29.5 Å². The van der Waals surface area contributed by atoms with Crippen LogP contribution in [0.4, 0.5) is 4.39 Å². The number of halogens is 2. The molecule has 0 saturated heterocycles. The monoisotopic (exact) mass is 174 g/mol. The lowest BCUT2D eigenvalue weighted by Crippen LogP contribution is -2.33. The number of rotatable bonds is 2. The normalized spacial score (nSPS) is 9.73. The van der Waals surface area contributed by atoms with E-state index in [2.05, 4.69) is 4.21 Å². The van der Waals surface area contributed by atoms with Gasteiger partial charge in [-0.2, -0.15) is 0 Å². The third kappa shape index (κ3) is 1.93. The van der Waals surface area contributed by atoms with Crippen LogP contribution in [0.15, 0.2) is 24.3 Å². The summed E-state index contributed by atoms with van der Waals surface area (Å²) in [6, 6.07) is 5.70. The molecule has 0 aromatic heterocycles. The molecule has 1 N–H and O–H groups in total. The molecule has 1 aromatic rings. The van der Waals surface area contributed by atoms with E-state index in [9.17, 15) is 4.39 Å². The van der Waals surface area contributed by atoms with Gasteiger partial charge in [-0.25, -0.2) is 4.39 Å². The molecule has 0 saturated carbocycles. The van der Waals surface area contributed by atoms with Crippen molar-refractivity contribution in [2.24, 2.45) is 0 Å². The number of hydrogen-bond donors (Lipinski definition) is 1. The van der Waals surface area contributed by atoms with Crippen molar-refractivity contribution in [3.05, 3.63) is 30.1 Å². The Kier molecular flexibility index (Phi) is 2.88. The van der Waals surface area contributed by atoms with Gasteiger partial charge >= 0.3 is 7.12 Å². The van der Waals surface area contributed by atoms with Crippen molar-refractivity contribution in [1.82, 2.24) is 0 Å². The highest BCUT2D eigenvalue weighted by Gasteiger charge is 2.19. The standard InChI is InChI=1S/C6H5BClFO2/c8-11-7(10)5-3-1-2-4-6(5)9/h1-4,10H. The SMILES string of the molecule is OB(OCl)c1ccccc1F. The molecule has 1 rings (SSSR count). The molecule has 2 nitrogen and oxygen atoms in total. The maximum Gasteiger partial charge on any atom is 0.511 e. The van der Waals surface area contributed by atoms with Crippen LogP contribution in [0.25, 0.3) is 0 Å². The van der Waals surface area contributed by atoms with Crippen molar-refractivity contribution in [2.75, 3.05) is 0 Å². The molecule has 0 radical (unpaired) electrons. The molecule has 5 heteroatoms. The molecule has 58 valence electrons. The fourth-order valence-corrected chi connectivity index (χ4v) is 0.819. The predicted molar refractivity (Wildman–Crippen MR) is 40.9 cm³/mol. The van der Waals surface area contributed by atoms with Crippen molar-refractivity contribution < 1.29 is 13.6 Å². The Bertz CT molecular complexity index is 246. The maximum absolute atomic E-state index is 12.7.